The van der Waals surface area contributed by atoms with Gasteiger partial charge in [0.25, 0.3) is 0 Å². The number of unbranched alkanes of at least 4 members (excludes halogenated alkanes) is 1. The number of likely N-dealkylation sites (tertiary alicyclic amines) is 1. The summed E-state index contributed by atoms with van der Waals surface area (Å²) in [5.41, 5.74) is 1.34. The van der Waals surface area contributed by atoms with Crippen LogP contribution in [0.2, 0.25) is 5.02 Å². The molecule has 2 aromatic heterocycles. The fraction of sp³-hybridized carbons (Fsp3) is 0.519. The lowest BCUT2D eigenvalue weighted by Gasteiger charge is -2.41. The molecule has 1 fully saturated rings. The predicted octanol–water partition coefficient (Wildman–Crippen LogP) is 5.87. The lowest BCUT2D eigenvalue weighted by Crippen LogP contribution is -2.42. The molecule has 2 N–H and O–H groups in total. The third kappa shape index (κ3) is 6.10. The summed E-state index contributed by atoms with van der Waals surface area (Å²) in [5.74, 6) is 0.708. The van der Waals surface area contributed by atoms with Crippen molar-refractivity contribution in [3.05, 3.63) is 57.4 Å². The summed E-state index contributed by atoms with van der Waals surface area (Å²) in [7, 11) is 1.62. The van der Waals surface area contributed by atoms with E-state index >= 15 is 0 Å². The van der Waals surface area contributed by atoms with Crippen molar-refractivity contribution in [2.24, 2.45) is 5.41 Å². The molecule has 5 nitrogen and oxygen atoms in total. The number of aromatic nitrogens is 1. The van der Waals surface area contributed by atoms with Crippen LogP contribution in [-0.2, 0) is 6.42 Å². The lowest BCUT2D eigenvalue weighted by molar-refractivity contribution is 0.0233. The maximum atomic E-state index is 11.1. The number of nitrogens with zero attached hydrogens (tertiary/aromatic N) is 2. The number of fused-ring (bicyclic) bond motifs is 1. The van der Waals surface area contributed by atoms with Gasteiger partial charge in [0.2, 0.25) is 0 Å². The highest BCUT2D eigenvalue weighted by molar-refractivity contribution is 7.09. The molecular weight excluding hydrogens is 468 g/mol. The summed E-state index contributed by atoms with van der Waals surface area (Å²) in [6.07, 6.45) is 7.72. The van der Waals surface area contributed by atoms with Gasteiger partial charge in [0, 0.05) is 28.6 Å². The van der Waals surface area contributed by atoms with Gasteiger partial charge in [-0.25, -0.2) is 0 Å². The van der Waals surface area contributed by atoms with Crippen LogP contribution in [-0.4, -0.2) is 53.4 Å². The smallest absolute Gasteiger partial charge is 0.119 e. The number of hydrogen-bond donors (Lipinski definition) is 2. The number of thiophene rings is 1. The zero-order chi connectivity index (χ0) is 24.0. The molecule has 0 bridgehead atoms. The van der Waals surface area contributed by atoms with Gasteiger partial charge in [-0.3, -0.25) is 4.98 Å². The normalized spacial score (nSPS) is 17.2. The van der Waals surface area contributed by atoms with Crippen LogP contribution < -0.4 is 4.74 Å². The standard InChI is InChI=1S/C27H35ClN2O3S/c1-33-20-7-8-24-22(17-20)26(23(28)18-29-24)25(32)9-10-27(19-31)11-14-30(15-12-27)13-3-2-5-21-6-4-16-34-21/h4,6-8,16-18,25,31-32H,2-3,5,9-15,19H2,1H3/t25-/m1/s1. The van der Waals surface area contributed by atoms with Crippen molar-refractivity contribution in [2.45, 2.75) is 51.0 Å². The van der Waals surface area contributed by atoms with E-state index in [-0.39, 0.29) is 12.0 Å². The van der Waals surface area contributed by atoms with Crippen LogP contribution in [0.3, 0.4) is 0 Å². The molecule has 0 unspecified atom stereocenters. The molecule has 1 atom stereocenters. The molecule has 0 saturated carbocycles. The third-order valence-corrected chi connectivity index (χ3v) is 8.57. The number of aryl methyl sites for hydroxylation is 1. The molecule has 34 heavy (non-hydrogen) atoms. The SMILES string of the molecule is COc1ccc2ncc(Cl)c([C@H](O)CCC3(CO)CCN(CCCCc4cccs4)CC3)c2c1. The molecule has 4 rings (SSSR count). The van der Waals surface area contributed by atoms with E-state index in [4.69, 9.17) is 16.3 Å². The van der Waals surface area contributed by atoms with Crippen molar-refractivity contribution >= 4 is 33.8 Å². The second-order valence-corrected chi connectivity index (χ2v) is 10.9. The number of hydrogen-bond acceptors (Lipinski definition) is 6. The Labute approximate surface area is 211 Å². The summed E-state index contributed by atoms with van der Waals surface area (Å²) in [6.45, 7) is 3.29. The first kappa shape index (κ1) is 25.4. The Bertz CT molecular complexity index is 1050. The van der Waals surface area contributed by atoms with Crippen LogP contribution in [0.1, 0.15) is 55.1 Å². The van der Waals surface area contributed by atoms with Crippen LogP contribution >= 0.6 is 22.9 Å². The second kappa shape index (κ2) is 11.8. The summed E-state index contributed by atoms with van der Waals surface area (Å²) in [4.78, 5) is 8.38. The minimum Gasteiger partial charge on any atom is -0.497 e. The molecule has 0 spiro atoms. The van der Waals surface area contributed by atoms with Gasteiger partial charge < -0.3 is 19.8 Å². The van der Waals surface area contributed by atoms with Crippen LogP contribution in [0.15, 0.2) is 41.9 Å². The Morgan fingerprint density at radius 2 is 2.06 bits per heavy atom. The minimum atomic E-state index is -0.719. The molecule has 3 heterocycles. The third-order valence-electron chi connectivity index (χ3n) is 7.33. The first-order valence-corrected chi connectivity index (χ1v) is 13.5. The van der Waals surface area contributed by atoms with Gasteiger partial charge in [0.1, 0.15) is 5.75 Å². The molecule has 0 amide bonds. The number of aliphatic hydroxyl groups excluding tert-OH is 2. The number of aliphatic hydroxyl groups is 2. The van der Waals surface area contributed by atoms with E-state index in [2.05, 4.69) is 27.4 Å². The first-order valence-electron chi connectivity index (χ1n) is 12.2. The number of methoxy groups -OCH3 is 1. The quantitative estimate of drug-likeness (QED) is 0.321. The molecule has 7 heteroatoms. The van der Waals surface area contributed by atoms with Gasteiger partial charge in [-0.1, -0.05) is 17.7 Å². The van der Waals surface area contributed by atoms with Crippen LogP contribution in [0, 0.1) is 5.41 Å². The largest absolute Gasteiger partial charge is 0.497 e. The summed E-state index contributed by atoms with van der Waals surface area (Å²) in [6, 6.07) is 9.96. The van der Waals surface area contributed by atoms with Crippen LogP contribution in [0.25, 0.3) is 10.9 Å². The molecular formula is C27H35ClN2O3S. The molecule has 0 aliphatic carbocycles. The Hall–Kier alpha value is -1.70. The topological polar surface area (TPSA) is 65.8 Å². The Morgan fingerprint density at radius 3 is 2.76 bits per heavy atom. The fourth-order valence-corrected chi connectivity index (χ4v) is 6.08. The van der Waals surface area contributed by atoms with E-state index < -0.39 is 6.10 Å². The maximum Gasteiger partial charge on any atom is 0.119 e. The van der Waals surface area contributed by atoms with E-state index in [1.807, 2.05) is 29.5 Å². The monoisotopic (exact) mass is 502 g/mol. The maximum absolute atomic E-state index is 11.1. The van der Waals surface area contributed by atoms with Gasteiger partial charge in [0.15, 0.2) is 0 Å². The van der Waals surface area contributed by atoms with Gasteiger partial charge in [-0.2, -0.15) is 0 Å². The number of pyridine rings is 1. The van der Waals surface area contributed by atoms with Crippen molar-refractivity contribution in [2.75, 3.05) is 33.4 Å². The Balaban J connectivity index is 1.31. The minimum absolute atomic E-state index is 0.137. The highest BCUT2D eigenvalue weighted by Crippen LogP contribution is 2.40. The zero-order valence-electron chi connectivity index (χ0n) is 19.9. The molecule has 1 aliphatic rings. The van der Waals surface area contributed by atoms with Crippen molar-refractivity contribution in [1.82, 2.24) is 9.88 Å². The van der Waals surface area contributed by atoms with Gasteiger partial charge in [-0.05, 0) is 99.6 Å². The number of rotatable bonds is 11. The predicted molar refractivity (Wildman–Crippen MR) is 140 cm³/mol. The van der Waals surface area contributed by atoms with Crippen LogP contribution in [0.5, 0.6) is 5.75 Å². The van der Waals surface area contributed by atoms with Gasteiger partial charge >= 0.3 is 0 Å². The van der Waals surface area contributed by atoms with Crippen LogP contribution in [0.4, 0.5) is 0 Å². The number of halogens is 1. The van der Waals surface area contributed by atoms with Gasteiger partial charge in [0.05, 0.1) is 23.8 Å². The molecule has 0 radical (unpaired) electrons. The molecule has 3 aromatic rings. The van der Waals surface area contributed by atoms with Crippen molar-refractivity contribution in [1.29, 1.82) is 0 Å². The molecule has 1 aliphatic heterocycles. The Kier molecular flexibility index (Phi) is 8.83. The number of ether oxygens (including phenoxy) is 1. The molecule has 1 aromatic carbocycles. The zero-order valence-corrected chi connectivity index (χ0v) is 21.5. The van der Waals surface area contributed by atoms with Gasteiger partial charge in [-0.15, -0.1) is 11.3 Å². The second-order valence-electron chi connectivity index (χ2n) is 9.49. The fourth-order valence-electron chi connectivity index (χ4n) is 5.05. The van der Waals surface area contributed by atoms with E-state index in [1.54, 1.807) is 13.3 Å². The average molecular weight is 503 g/mol. The summed E-state index contributed by atoms with van der Waals surface area (Å²) in [5, 5.41) is 24.8. The van der Waals surface area contributed by atoms with E-state index in [9.17, 15) is 10.2 Å². The number of piperidine rings is 1. The summed E-state index contributed by atoms with van der Waals surface area (Å²) >= 11 is 8.32. The highest BCUT2D eigenvalue weighted by atomic mass is 35.5. The van der Waals surface area contributed by atoms with Crippen molar-refractivity contribution < 1.29 is 14.9 Å². The molecule has 1 saturated heterocycles. The van der Waals surface area contributed by atoms with Crippen molar-refractivity contribution in [3.8, 4) is 5.75 Å². The van der Waals surface area contributed by atoms with E-state index in [1.165, 1.54) is 24.1 Å². The lowest BCUT2D eigenvalue weighted by atomic mass is 9.74. The molecule has 184 valence electrons. The Morgan fingerprint density at radius 1 is 1.24 bits per heavy atom. The summed E-state index contributed by atoms with van der Waals surface area (Å²) < 4.78 is 5.36. The average Bonchev–Trinajstić information content (AvgIpc) is 3.39. The number of benzene rings is 1. The first-order chi connectivity index (χ1) is 16.5. The highest BCUT2D eigenvalue weighted by Gasteiger charge is 2.34. The van der Waals surface area contributed by atoms with Crippen molar-refractivity contribution in [3.63, 3.8) is 0 Å². The van der Waals surface area contributed by atoms with E-state index in [0.29, 0.717) is 22.8 Å². The van der Waals surface area contributed by atoms with E-state index in [0.717, 1.165) is 49.8 Å².